The summed E-state index contributed by atoms with van der Waals surface area (Å²) < 4.78 is 0. The number of anilines is 1. The Kier molecular flexibility index (Phi) is 8.69. The van der Waals surface area contributed by atoms with Crippen LogP contribution < -0.4 is 16.0 Å². The van der Waals surface area contributed by atoms with E-state index in [4.69, 9.17) is 5.26 Å². The van der Waals surface area contributed by atoms with Gasteiger partial charge in [-0.2, -0.15) is 5.26 Å². The summed E-state index contributed by atoms with van der Waals surface area (Å²) in [5.74, 6) is 0.220. The van der Waals surface area contributed by atoms with Gasteiger partial charge in [-0.1, -0.05) is 52.0 Å². The summed E-state index contributed by atoms with van der Waals surface area (Å²) >= 11 is 1.61. The largest absolute Gasteiger partial charge is 0.372 e. The second kappa shape index (κ2) is 11.0. The van der Waals surface area contributed by atoms with Gasteiger partial charge in [0, 0.05) is 28.4 Å². The monoisotopic (exact) mass is 412 g/mol. The first-order valence-corrected chi connectivity index (χ1v) is 11.1. The minimum Gasteiger partial charge on any atom is -0.372 e. The summed E-state index contributed by atoms with van der Waals surface area (Å²) in [5.41, 5.74) is 4.41. The molecule has 2 atom stereocenters. The number of hydrogen-bond acceptors (Lipinski definition) is 5. The molecule has 1 aromatic heterocycles. The van der Waals surface area contributed by atoms with Crippen molar-refractivity contribution < 1.29 is 4.79 Å². The van der Waals surface area contributed by atoms with Crippen LogP contribution in [0.15, 0.2) is 35.0 Å². The van der Waals surface area contributed by atoms with Crippen molar-refractivity contribution in [2.45, 2.75) is 59.2 Å². The zero-order valence-electron chi connectivity index (χ0n) is 18.0. The van der Waals surface area contributed by atoms with Gasteiger partial charge in [-0.25, -0.2) is 0 Å². The predicted octanol–water partition coefficient (Wildman–Crippen LogP) is 4.94. The van der Waals surface area contributed by atoms with Crippen LogP contribution in [0.2, 0.25) is 0 Å². The smallest absolute Gasteiger partial charge is 0.243 e. The fourth-order valence-corrected chi connectivity index (χ4v) is 4.12. The van der Waals surface area contributed by atoms with Crippen LogP contribution in [0.4, 0.5) is 5.69 Å². The molecule has 0 fully saturated rings. The maximum Gasteiger partial charge on any atom is 0.243 e. The molecule has 0 bridgehead atoms. The SMILES string of the molecule is CC(C)C[C@H](Nc1cscc1-c1ccc(C(C)NC(C)C)cc1)C(=O)NCC#N. The topological polar surface area (TPSA) is 76.9 Å². The predicted molar refractivity (Wildman–Crippen MR) is 122 cm³/mol. The Morgan fingerprint density at radius 3 is 2.38 bits per heavy atom. The molecule has 0 aliphatic carbocycles. The van der Waals surface area contributed by atoms with Gasteiger partial charge in [0.25, 0.3) is 0 Å². The van der Waals surface area contributed by atoms with Crippen LogP contribution in [-0.4, -0.2) is 24.5 Å². The minimum absolute atomic E-state index is 0.0235. The van der Waals surface area contributed by atoms with Crippen molar-refractivity contribution in [1.82, 2.24) is 10.6 Å². The highest BCUT2D eigenvalue weighted by molar-refractivity contribution is 7.08. The molecule has 156 valence electrons. The van der Waals surface area contributed by atoms with Gasteiger partial charge in [0.15, 0.2) is 0 Å². The number of amides is 1. The number of nitriles is 1. The lowest BCUT2D eigenvalue weighted by Crippen LogP contribution is -2.40. The van der Waals surface area contributed by atoms with Gasteiger partial charge >= 0.3 is 0 Å². The highest BCUT2D eigenvalue weighted by Crippen LogP contribution is 2.33. The summed E-state index contributed by atoms with van der Waals surface area (Å²) in [6, 6.07) is 10.9. The average molecular weight is 413 g/mol. The van der Waals surface area contributed by atoms with E-state index in [1.165, 1.54) is 5.56 Å². The lowest BCUT2D eigenvalue weighted by atomic mass is 10.0. The lowest BCUT2D eigenvalue weighted by Gasteiger charge is -2.21. The molecule has 0 aliphatic heterocycles. The van der Waals surface area contributed by atoms with E-state index in [1.54, 1.807) is 11.3 Å². The molecule has 2 rings (SSSR count). The fraction of sp³-hybridized carbons (Fsp3) is 0.478. The van der Waals surface area contributed by atoms with E-state index < -0.39 is 0 Å². The Morgan fingerprint density at radius 1 is 1.10 bits per heavy atom. The van der Waals surface area contributed by atoms with Gasteiger partial charge in [0.2, 0.25) is 5.91 Å². The van der Waals surface area contributed by atoms with Crippen molar-refractivity contribution in [1.29, 1.82) is 5.26 Å². The first-order valence-electron chi connectivity index (χ1n) is 10.2. The van der Waals surface area contributed by atoms with Crippen molar-refractivity contribution in [3.8, 4) is 17.2 Å². The molecule has 0 radical (unpaired) electrons. The van der Waals surface area contributed by atoms with E-state index in [-0.39, 0.29) is 18.5 Å². The zero-order chi connectivity index (χ0) is 21.4. The molecule has 1 amide bonds. The molecule has 29 heavy (non-hydrogen) atoms. The van der Waals surface area contributed by atoms with E-state index in [1.807, 2.05) is 11.4 Å². The fourth-order valence-electron chi connectivity index (χ4n) is 3.32. The summed E-state index contributed by atoms with van der Waals surface area (Å²) in [5, 5.41) is 22.5. The van der Waals surface area contributed by atoms with E-state index in [2.05, 4.69) is 80.2 Å². The van der Waals surface area contributed by atoms with E-state index in [0.717, 1.165) is 16.8 Å². The van der Waals surface area contributed by atoms with E-state index in [0.29, 0.717) is 24.4 Å². The van der Waals surface area contributed by atoms with Crippen LogP contribution in [0, 0.1) is 17.2 Å². The molecule has 3 N–H and O–H groups in total. The van der Waals surface area contributed by atoms with Crippen molar-refractivity contribution >= 4 is 22.9 Å². The highest BCUT2D eigenvalue weighted by atomic mass is 32.1. The van der Waals surface area contributed by atoms with Crippen LogP contribution in [0.1, 0.15) is 52.6 Å². The van der Waals surface area contributed by atoms with Gasteiger partial charge in [0.05, 0.1) is 11.8 Å². The van der Waals surface area contributed by atoms with Gasteiger partial charge in [-0.15, -0.1) is 11.3 Å². The molecule has 6 heteroatoms. The van der Waals surface area contributed by atoms with E-state index >= 15 is 0 Å². The number of nitrogens with zero attached hydrogens (tertiary/aromatic N) is 1. The molecular formula is C23H32N4OS. The number of thiophene rings is 1. The summed E-state index contributed by atoms with van der Waals surface area (Å²) in [6.07, 6.45) is 0.698. The van der Waals surface area contributed by atoms with Gasteiger partial charge in [-0.05, 0) is 30.4 Å². The second-order valence-electron chi connectivity index (χ2n) is 8.07. The van der Waals surface area contributed by atoms with Gasteiger partial charge < -0.3 is 16.0 Å². The maximum absolute atomic E-state index is 12.5. The number of benzene rings is 1. The molecular weight excluding hydrogens is 380 g/mol. The number of hydrogen-bond donors (Lipinski definition) is 3. The second-order valence-corrected chi connectivity index (χ2v) is 8.81. The summed E-state index contributed by atoms with van der Waals surface area (Å²) in [6.45, 7) is 10.7. The normalized spacial score (nSPS) is 13.2. The molecule has 5 nitrogen and oxygen atoms in total. The molecule has 2 aromatic rings. The molecule has 1 unspecified atom stereocenters. The first-order chi connectivity index (χ1) is 13.8. The zero-order valence-corrected chi connectivity index (χ0v) is 18.8. The number of carbonyl (C=O) groups is 1. The Balaban J connectivity index is 2.18. The Labute approximate surface area is 178 Å². The Bertz CT molecular complexity index is 820. The van der Waals surface area contributed by atoms with Crippen LogP contribution in [0.3, 0.4) is 0 Å². The van der Waals surface area contributed by atoms with Crippen molar-refractivity contribution in [3.63, 3.8) is 0 Å². The number of nitrogens with one attached hydrogen (secondary N) is 3. The van der Waals surface area contributed by atoms with Crippen LogP contribution >= 0.6 is 11.3 Å². The Morgan fingerprint density at radius 2 is 1.79 bits per heavy atom. The highest BCUT2D eigenvalue weighted by Gasteiger charge is 2.21. The van der Waals surface area contributed by atoms with Gasteiger partial charge in [-0.3, -0.25) is 4.79 Å². The standard InChI is InChI=1S/C23H32N4OS/c1-15(2)12-21(23(28)25-11-10-24)27-22-14-29-13-20(22)19-8-6-18(7-9-19)17(5)26-16(3)4/h6-9,13-17,21,26-27H,11-12H2,1-5H3,(H,25,28)/t17?,21-/m0/s1. The lowest BCUT2D eigenvalue weighted by molar-refractivity contribution is -0.121. The molecule has 0 spiro atoms. The molecule has 1 heterocycles. The first kappa shape index (κ1) is 22.9. The van der Waals surface area contributed by atoms with Crippen molar-refractivity contribution in [2.75, 3.05) is 11.9 Å². The van der Waals surface area contributed by atoms with Crippen LogP contribution in [-0.2, 0) is 4.79 Å². The molecule has 1 aromatic carbocycles. The quantitative estimate of drug-likeness (QED) is 0.483. The summed E-state index contributed by atoms with van der Waals surface area (Å²) in [4.78, 5) is 12.5. The van der Waals surface area contributed by atoms with E-state index in [9.17, 15) is 4.79 Å². The maximum atomic E-state index is 12.5. The van der Waals surface area contributed by atoms with Gasteiger partial charge in [0.1, 0.15) is 12.6 Å². The minimum atomic E-state index is -0.369. The third-order valence-electron chi connectivity index (χ3n) is 4.66. The average Bonchev–Trinajstić information content (AvgIpc) is 3.13. The van der Waals surface area contributed by atoms with Crippen LogP contribution in [0.5, 0.6) is 0 Å². The third kappa shape index (κ3) is 6.88. The van der Waals surface area contributed by atoms with Crippen molar-refractivity contribution in [2.24, 2.45) is 5.92 Å². The Hall–Kier alpha value is -2.36. The third-order valence-corrected chi connectivity index (χ3v) is 5.41. The molecule has 0 aliphatic rings. The molecule has 0 saturated carbocycles. The van der Waals surface area contributed by atoms with Crippen LogP contribution in [0.25, 0.3) is 11.1 Å². The molecule has 0 saturated heterocycles. The number of carbonyl (C=O) groups excluding carboxylic acids is 1. The summed E-state index contributed by atoms with van der Waals surface area (Å²) in [7, 11) is 0. The number of rotatable bonds is 10. The van der Waals surface area contributed by atoms with Crippen molar-refractivity contribution in [3.05, 3.63) is 40.6 Å².